The third kappa shape index (κ3) is 5.01. The van der Waals surface area contributed by atoms with E-state index in [1.807, 2.05) is 13.8 Å². The van der Waals surface area contributed by atoms with E-state index < -0.39 is 0 Å². The van der Waals surface area contributed by atoms with Crippen LogP contribution >= 0.6 is 0 Å². The number of allylic oxidation sites excluding steroid dienone is 1. The van der Waals surface area contributed by atoms with Gasteiger partial charge in [-0.1, -0.05) is 56.4 Å². The van der Waals surface area contributed by atoms with Crippen LogP contribution < -0.4 is 0 Å². The van der Waals surface area contributed by atoms with Gasteiger partial charge in [-0.2, -0.15) is 0 Å². The Morgan fingerprint density at radius 3 is 2.27 bits per heavy atom. The molecule has 120 valence electrons. The number of benzene rings is 1. The number of esters is 1. The van der Waals surface area contributed by atoms with Gasteiger partial charge in [0.05, 0.1) is 6.61 Å². The summed E-state index contributed by atoms with van der Waals surface area (Å²) < 4.78 is 4.96. The Labute approximate surface area is 134 Å². The van der Waals surface area contributed by atoms with Crippen molar-refractivity contribution >= 4 is 11.5 Å². The van der Waals surface area contributed by atoms with Gasteiger partial charge in [-0.05, 0) is 49.3 Å². The molecular weight excluding hydrogens is 272 g/mol. The lowest BCUT2D eigenvalue weighted by Gasteiger charge is -2.20. The lowest BCUT2D eigenvalue weighted by atomic mass is 9.85. The van der Waals surface area contributed by atoms with Crippen LogP contribution in [0.2, 0.25) is 0 Å². The Morgan fingerprint density at radius 2 is 1.68 bits per heavy atom. The maximum atomic E-state index is 11.5. The summed E-state index contributed by atoms with van der Waals surface area (Å²) in [4.78, 5) is 11.5. The molecule has 1 saturated carbocycles. The van der Waals surface area contributed by atoms with E-state index in [1.165, 1.54) is 50.5 Å². The van der Waals surface area contributed by atoms with Crippen molar-refractivity contribution in [1.82, 2.24) is 0 Å². The summed E-state index contributed by atoms with van der Waals surface area (Å²) in [6.07, 6.45) is 11.1. The molecule has 0 atom stereocenters. The maximum Gasteiger partial charge on any atom is 0.331 e. The fraction of sp³-hybridized carbons (Fsp3) is 0.550. The first-order valence-electron chi connectivity index (χ1n) is 8.66. The molecular formula is C20H28O2. The highest BCUT2D eigenvalue weighted by Gasteiger charge is 2.13. The van der Waals surface area contributed by atoms with E-state index in [1.54, 1.807) is 6.08 Å². The zero-order valence-corrected chi connectivity index (χ0v) is 13.9. The van der Waals surface area contributed by atoms with Gasteiger partial charge in [0.15, 0.2) is 0 Å². The first-order valence-corrected chi connectivity index (χ1v) is 8.66. The minimum atomic E-state index is -0.260. The van der Waals surface area contributed by atoms with Crippen molar-refractivity contribution in [3.63, 3.8) is 0 Å². The van der Waals surface area contributed by atoms with Crippen molar-refractivity contribution in [1.29, 1.82) is 0 Å². The summed E-state index contributed by atoms with van der Waals surface area (Å²) in [6.45, 7) is 4.20. The molecule has 22 heavy (non-hydrogen) atoms. The van der Waals surface area contributed by atoms with E-state index in [0.717, 1.165) is 11.1 Å². The van der Waals surface area contributed by atoms with Crippen molar-refractivity contribution in [2.75, 3.05) is 6.61 Å². The lowest BCUT2D eigenvalue weighted by Crippen LogP contribution is -2.03. The predicted molar refractivity (Wildman–Crippen MR) is 91.8 cm³/mol. The Bertz CT molecular complexity index is 491. The largest absolute Gasteiger partial charge is 0.463 e. The molecule has 1 aliphatic rings. The van der Waals surface area contributed by atoms with Gasteiger partial charge in [-0.15, -0.1) is 0 Å². The third-order valence-corrected chi connectivity index (χ3v) is 4.56. The van der Waals surface area contributed by atoms with Crippen LogP contribution in [0.15, 0.2) is 30.3 Å². The van der Waals surface area contributed by atoms with Crippen molar-refractivity contribution in [3.8, 4) is 0 Å². The Kier molecular flexibility index (Phi) is 6.70. The molecule has 1 fully saturated rings. The topological polar surface area (TPSA) is 26.3 Å². The van der Waals surface area contributed by atoms with Crippen molar-refractivity contribution in [2.45, 2.75) is 64.7 Å². The highest BCUT2D eigenvalue weighted by atomic mass is 16.5. The molecule has 2 nitrogen and oxygen atoms in total. The molecule has 0 heterocycles. The summed E-state index contributed by atoms with van der Waals surface area (Å²) in [5, 5.41) is 0. The van der Waals surface area contributed by atoms with E-state index >= 15 is 0 Å². The van der Waals surface area contributed by atoms with Crippen molar-refractivity contribution in [3.05, 3.63) is 41.5 Å². The lowest BCUT2D eigenvalue weighted by molar-refractivity contribution is -0.137. The summed E-state index contributed by atoms with van der Waals surface area (Å²) in [6, 6.07) is 8.76. The smallest absolute Gasteiger partial charge is 0.331 e. The molecule has 1 aromatic carbocycles. The van der Waals surface area contributed by atoms with Gasteiger partial charge in [0.1, 0.15) is 0 Å². The minimum absolute atomic E-state index is 0.260. The average Bonchev–Trinajstić information content (AvgIpc) is 2.47. The predicted octanol–water partition coefficient (Wildman–Crippen LogP) is 5.48. The zero-order chi connectivity index (χ0) is 15.8. The number of ether oxygens (including phenoxy) is 1. The van der Waals surface area contributed by atoms with Crippen LogP contribution in [0.3, 0.4) is 0 Å². The highest BCUT2D eigenvalue weighted by Crippen LogP contribution is 2.31. The van der Waals surface area contributed by atoms with E-state index in [4.69, 9.17) is 4.74 Å². The first-order chi connectivity index (χ1) is 10.7. The molecule has 0 radical (unpaired) electrons. The number of hydrogen-bond acceptors (Lipinski definition) is 2. The average molecular weight is 300 g/mol. The fourth-order valence-electron chi connectivity index (χ4n) is 3.25. The third-order valence-electron chi connectivity index (χ3n) is 4.56. The molecule has 0 aliphatic heterocycles. The van der Waals surface area contributed by atoms with Crippen LogP contribution in [-0.4, -0.2) is 12.6 Å². The molecule has 0 unspecified atom stereocenters. The van der Waals surface area contributed by atoms with Gasteiger partial charge in [0, 0.05) is 6.08 Å². The Balaban J connectivity index is 2.04. The fourth-order valence-corrected chi connectivity index (χ4v) is 3.25. The van der Waals surface area contributed by atoms with E-state index in [9.17, 15) is 4.79 Å². The Morgan fingerprint density at radius 1 is 1.09 bits per heavy atom. The van der Waals surface area contributed by atoms with Gasteiger partial charge in [0.2, 0.25) is 0 Å². The van der Waals surface area contributed by atoms with Crippen LogP contribution in [0.25, 0.3) is 5.57 Å². The Hall–Kier alpha value is -1.57. The van der Waals surface area contributed by atoms with Crippen LogP contribution in [0.5, 0.6) is 0 Å². The van der Waals surface area contributed by atoms with Gasteiger partial charge in [-0.3, -0.25) is 0 Å². The molecule has 0 N–H and O–H groups in total. The zero-order valence-electron chi connectivity index (χ0n) is 13.9. The quantitative estimate of drug-likeness (QED) is 0.543. The van der Waals surface area contributed by atoms with Crippen LogP contribution in [0.4, 0.5) is 0 Å². The standard InChI is InChI=1S/C20H28O2/c1-3-22-20(21)15-16(2)17-11-13-19(14-12-17)18-9-7-5-4-6-8-10-18/h11-15,18H,3-10H2,1-2H3. The molecule has 0 saturated heterocycles. The first kappa shape index (κ1) is 16.8. The molecule has 1 aromatic rings. The molecule has 2 rings (SSSR count). The molecule has 0 bridgehead atoms. The second kappa shape index (κ2) is 8.77. The summed E-state index contributed by atoms with van der Waals surface area (Å²) in [5.41, 5.74) is 3.51. The minimum Gasteiger partial charge on any atom is -0.463 e. The van der Waals surface area contributed by atoms with E-state index in [-0.39, 0.29) is 5.97 Å². The molecule has 0 spiro atoms. The summed E-state index contributed by atoms with van der Waals surface area (Å²) in [5.74, 6) is 0.452. The van der Waals surface area contributed by atoms with E-state index in [2.05, 4.69) is 24.3 Å². The number of carbonyl (C=O) groups excluding carboxylic acids is 1. The number of hydrogen-bond donors (Lipinski definition) is 0. The van der Waals surface area contributed by atoms with Crippen LogP contribution in [-0.2, 0) is 9.53 Å². The van der Waals surface area contributed by atoms with Gasteiger partial charge in [0.25, 0.3) is 0 Å². The number of carbonyl (C=O) groups is 1. The van der Waals surface area contributed by atoms with Crippen molar-refractivity contribution in [2.24, 2.45) is 0 Å². The second-order valence-electron chi connectivity index (χ2n) is 6.24. The summed E-state index contributed by atoms with van der Waals surface area (Å²) in [7, 11) is 0. The SMILES string of the molecule is CCOC(=O)C=C(C)c1ccc(C2CCCCCCC2)cc1. The highest BCUT2D eigenvalue weighted by molar-refractivity contribution is 5.90. The van der Waals surface area contributed by atoms with Gasteiger partial charge in [-0.25, -0.2) is 4.79 Å². The molecule has 2 heteroatoms. The maximum absolute atomic E-state index is 11.5. The number of rotatable bonds is 4. The van der Waals surface area contributed by atoms with E-state index in [0.29, 0.717) is 12.5 Å². The van der Waals surface area contributed by atoms with Gasteiger partial charge < -0.3 is 4.74 Å². The monoisotopic (exact) mass is 300 g/mol. The molecule has 0 amide bonds. The normalized spacial score (nSPS) is 17.6. The van der Waals surface area contributed by atoms with Crippen LogP contribution in [0, 0.1) is 0 Å². The van der Waals surface area contributed by atoms with Crippen LogP contribution in [0.1, 0.15) is 75.8 Å². The van der Waals surface area contributed by atoms with Gasteiger partial charge >= 0.3 is 5.97 Å². The molecule has 0 aromatic heterocycles. The second-order valence-corrected chi connectivity index (χ2v) is 6.24. The molecule has 1 aliphatic carbocycles. The van der Waals surface area contributed by atoms with Crippen molar-refractivity contribution < 1.29 is 9.53 Å². The summed E-state index contributed by atoms with van der Waals surface area (Å²) >= 11 is 0.